The van der Waals surface area contributed by atoms with Crippen LogP contribution in [0.4, 0.5) is 4.79 Å². The molecular formula is C12H17N3O2. The number of hydrogen-bond acceptors (Lipinski definition) is 2. The summed E-state index contributed by atoms with van der Waals surface area (Å²) in [4.78, 5) is 22.3. The van der Waals surface area contributed by atoms with Gasteiger partial charge in [-0.05, 0) is 5.56 Å². The molecule has 0 aliphatic carbocycles. The fourth-order valence-electron chi connectivity index (χ4n) is 1.46. The van der Waals surface area contributed by atoms with Gasteiger partial charge >= 0.3 is 6.03 Å². The maximum atomic E-state index is 11.2. The zero-order valence-corrected chi connectivity index (χ0v) is 9.99. The molecule has 0 unspecified atom stereocenters. The molecule has 0 fully saturated rings. The van der Waals surface area contributed by atoms with E-state index in [1.807, 2.05) is 30.3 Å². The van der Waals surface area contributed by atoms with Gasteiger partial charge in [0, 0.05) is 20.4 Å². The van der Waals surface area contributed by atoms with Crippen LogP contribution in [0.1, 0.15) is 12.5 Å². The van der Waals surface area contributed by atoms with Gasteiger partial charge in [0.1, 0.15) is 6.17 Å². The average molecular weight is 235 g/mol. The Morgan fingerprint density at radius 3 is 2.35 bits per heavy atom. The molecule has 0 bridgehead atoms. The summed E-state index contributed by atoms with van der Waals surface area (Å²) in [6, 6.07) is 9.32. The van der Waals surface area contributed by atoms with E-state index in [0.29, 0.717) is 6.42 Å². The fraction of sp³-hybridized carbons (Fsp3) is 0.333. The third-order valence-corrected chi connectivity index (χ3v) is 2.19. The van der Waals surface area contributed by atoms with Gasteiger partial charge in [-0.3, -0.25) is 4.79 Å². The molecule has 1 atom stereocenters. The second kappa shape index (κ2) is 6.52. The highest BCUT2D eigenvalue weighted by Crippen LogP contribution is 2.01. The van der Waals surface area contributed by atoms with E-state index in [1.165, 1.54) is 14.0 Å². The van der Waals surface area contributed by atoms with Crippen LogP contribution >= 0.6 is 0 Å². The van der Waals surface area contributed by atoms with Gasteiger partial charge in [0.25, 0.3) is 0 Å². The lowest BCUT2D eigenvalue weighted by Gasteiger charge is -2.19. The summed E-state index contributed by atoms with van der Waals surface area (Å²) in [5.41, 5.74) is 1.04. The van der Waals surface area contributed by atoms with Crippen molar-refractivity contribution >= 4 is 11.9 Å². The molecule has 5 nitrogen and oxygen atoms in total. The molecule has 0 spiro atoms. The van der Waals surface area contributed by atoms with Gasteiger partial charge in [0.05, 0.1) is 0 Å². The van der Waals surface area contributed by atoms with Crippen molar-refractivity contribution < 1.29 is 9.59 Å². The van der Waals surface area contributed by atoms with E-state index in [4.69, 9.17) is 0 Å². The summed E-state index contributed by atoms with van der Waals surface area (Å²) in [6.45, 7) is 1.42. The Balaban J connectivity index is 2.63. The average Bonchev–Trinajstić information content (AvgIpc) is 2.29. The van der Waals surface area contributed by atoms with Crippen LogP contribution in [0, 0.1) is 0 Å². The van der Waals surface area contributed by atoms with Crippen LogP contribution in [0.2, 0.25) is 0 Å². The Morgan fingerprint density at radius 2 is 1.82 bits per heavy atom. The molecule has 0 saturated carbocycles. The number of amides is 3. The van der Waals surface area contributed by atoms with Gasteiger partial charge in [-0.1, -0.05) is 30.3 Å². The lowest BCUT2D eigenvalue weighted by Crippen LogP contribution is -2.51. The molecular weight excluding hydrogens is 218 g/mol. The van der Waals surface area contributed by atoms with Crippen molar-refractivity contribution in [3.63, 3.8) is 0 Å². The molecule has 0 aliphatic heterocycles. The van der Waals surface area contributed by atoms with Crippen LogP contribution in [0.5, 0.6) is 0 Å². The third-order valence-electron chi connectivity index (χ3n) is 2.19. The van der Waals surface area contributed by atoms with Crippen molar-refractivity contribution in [3.05, 3.63) is 35.9 Å². The first-order valence-electron chi connectivity index (χ1n) is 5.41. The molecule has 3 N–H and O–H groups in total. The van der Waals surface area contributed by atoms with Crippen LogP contribution in [0.3, 0.4) is 0 Å². The van der Waals surface area contributed by atoms with E-state index in [2.05, 4.69) is 16.0 Å². The minimum Gasteiger partial charge on any atom is -0.341 e. The van der Waals surface area contributed by atoms with Crippen molar-refractivity contribution in [2.75, 3.05) is 7.05 Å². The topological polar surface area (TPSA) is 70.2 Å². The first-order chi connectivity index (χ1) is 8.11. The largest absolute Gasteiger partial charge is 0.341 e. The molecule has 17 heavy (non-hydrogen) atoms. The van der Waals surface area contributed by atoms with Crippen LogP contribution in [0.15, 0.2) is 30.3 Å². The lowest BCUT2D eigenvalue weighted by atomic mass is 10.1. The summed E-state index contributed by atoms with van der Waals surface area (Å²) in [5.74, 6) is -0.178. The molecule has 1 aromatic rings. The standard InChI is InChI=1S/C12H17N3O2/c1-9(16)14-11(15-12(17)13-2)8-10-6-4-3-5-7-10/h3-7,11H,8H2,1-2H3,(H,14,16)(H2,13,15,17)/t11-/m1/s1. The predicted molar refractivity (Wildman–Crippen MR) is 65.3 cm³/mol. The zero-order valence-electron chi connectivity index (χ0n) is 9.99. The molecule has 1 aromatic carbocycles. The number of urea groups is 1. The Kier molecular flexibility index (Phi) is 5.00. The third kappa shape index (κ3) is 5.01. The van der Waals surface area contributed by atoms with Crippen molar-refractivity contribution in [1.29, 1.82) is 0 Å². The van der Waals surface area contributed by atoms with Gasteiger partial charge in [-0.15, -0.1) is 0 Å². The Morgan fingerprint density at radius 1 is 1.18 bits per heavy atom. The van der Waals surface area contributed by atoms with Gasteiger partial charge in [0.15, 0.2) is 0 Å². The quantitative estimate of drug-likeness (QED) is 0.670. The predicted octanol–water partition coefficient (Wildman–Crippen LogP) is 0.620. The lowest BCUT2D eigenvalue weighted by molar-refractivity contribution is -0.119. The van der Waals surface area contributed by atoms with Crippen molar-refractivity contribution in [2.45, 2.75) is 19.5 Å². The summed E-state index contributed by atoms with van der Waals surface area (Å²) in [5, 5.41) is 7.80. The number of hydrogen-bond donors (Lipinski definition) is 3. The molecule has 0 heterocycles. The van der Waals surface area contributed by atoms with E-state index in [0.717, 1.165) is 5.56 Å². The monoisotopic (exact) mass is 235 g/mol. The number of carbonyl (C=O) groups excluding carboxylic acids is 2. The van der Waals surface area contributed by atoms with Gasteiger partial charge in [0.2, 0.25) is 5.91 Å². The van der Waals surface area contributed by atoms with Gasteiger partial charge < -0.3 is 16.0 Å². The Hall–Kier alpha value is -2.04. The molecule has 1 rings (SSSR count). The molecule has 0 radical (unpaired) electrons. The zero-order chi connectivity index (χ0) is 12.7. The van der Waals surface area contributed by atoms with Crippen LogP contribution < -0.4 is 16.0 Å². The smallest absolute Gasteiger partial charge is 0.316 e. The van der Waals surface area contributed by atoms with E-state index < -0.39 is 6.17 Å². The molecule has 3 amide bonds. The maximum Gasteiger partial charge on any atom is 0.316 e. The number of rotatable bonds is 4. The first-order valence-corrected chi connectivity index (χ1v) is 5.41. The second-order valence-electron chi connectivity index (χ2n) is 3.67. The minimum absolute atomic E-state index is 0.178. The molecule has 0 aromatic heterocycles. The highest BCUT2D eigenvalue weighted by molar-refractivity contribution is 5.76. The van der Waals surface area contributed by atoms with Gasteiger partial charge in [-0.25, -0.2) is 4.79 Å². The molecule has 0 aliphatic rings. The van der Waals surface area contributed by atoms with Crippen molar-refractivity contribution in [1.82, 2.24) is 16.0 Å². The van der Waals surface area contributed by atoms with Crippen LogP contribution in [-0.2, 0) is 11.2 Å². The highest BCUT2D eigenvalue weighted by Gasteiger charge is 2.12. The van der Waals surface area contributed by atoms with Crippen LogP contribution in [0.25, 0.3) is 0 Å². The normalized spacial score (nSPS) is 11.4. The first kappa shape index (κ1) is 13.0. The van der Waals surface area contributed by atoms with E-state index >= 15 is 0 Å². The minimum atomic E-state index is -0.408. The molecule has 5 heteroatoms. The maximum absolute atomic E-state index is 11.2. The van der Waals surface area contributed by atoms with Crippen molar-refractivity contribution in [3.8, 4) is 0 Å². The van der Waals surface area contributed by atoms with E-state index in [1.54, 1.807) is 0 Å². The summed E-state index contributed by atoms with van der Waals surface area (Å²) in [7, 11) is 1.53. The van der Waals surface area contributed by atoms with E-state index in [9.17, 15) is 9.59 Å². The summed E-state index contributed by atoms with van der Waals surface area (Å²) < 4.78 is 0. The number of carbonyl (C=O) groups is 2. The van der Waals surface area contributed by atoms with E-state index in [-0.39, 0.29) is 11.9 Å². The van der Waals surface area contributed by atoms with Gasteiger partial charge in [-0.2, -0.15) is 0 Å². The SMILES string of the molecule is CNC(=O)N[C@H](Cc1ccccc1)NC(C)=O. The summed E-state index contributed by atoms with van der Waals surface area (Å²) >= 11 is 0. The number of benzene rings is 1. The highest BCUT2D eigenvalue weighted by atomic mass is 16.2. The van der Waals surface area contributed by atoms with Crippen LogP contribution in [-0.4, -0.2) is 25.2 Å². The summed E-state index contributed by atoms with van der Waals surface area (Å²) in [6.07, 6.45) is 0.142. The Bertz CT molecular complexity index is 379. The molecule has 92 valence electrons. The Labute approximate surface area is 101 Å². The fourth-order valence-corrected chi connectivity index (χ4v) is 1.46. The van der Waals surface area contributed by atoms with Crippen molar-refractivity contribution in [2.24, 2.45) is 0 Å². The molecule has 0 saturated heterocycles. The number of nitrogens with one attached hydrogen (secondary N) is 3. The second-order valence-corrected chi connectivity index (χ2v) is 3.67.